The molecule has 1 saturated carbocycles. The Balaban J connectivity index is 1.55. The molecular formula is C23H27N3S. The number of nitrogens with one attached hydrogen (secondary N) is 1. The molecule has 2 heterocycles. The fourth-order valence-corrected chi connectivity index (χ4v) is 5.90. The Kier molecular flexibility index (Phi) is 4.83. The molecule has 0 atom stereocenters. The monoisotopic (exact) mass is 377 g/mol. The third-order valence-electron chi connectivity index (χ3n) is 6.11. The average Bonchev–Trinajstić information content (AvgIpc) is 3.12. The van der Waals surface area contributed by atoms with Gasteiger partial charge >= 0.3 is 0 Å². The number of aryl methyl sites for hydroxylation is 2. The largest absolute Gasteiger partial charge is 0.365 e. The van der Waals surface area contributed by atoms with Gasteiger partial charge in [0.15, 0.2) is 0 Å². The van der Waals surface area contributed by atoms with Gasteiger partial charge in [-0.1, -0.05) is 49.6 Å². The Labute approximate surface area is 165 Å². The van der Waals surface area contributed by atoms with Gasteiger partial charge in [0.1, 0.15) is 16.5 Å². The van der Waals surface area contributed by atoms with Gasteiger partial charge in [-0.15, -0.1) is 11.3 Å². The second-order valence-corrected chi connectivity index (χ2v) is 9.08. The minimum Gasteiger partial charge on any atom is -0.365 e. The van der Waals surface area contributed by atoms with Gasteiger partial charge in [0, 0.05) is 17.3 Å². The van der Waals surface area contributed by atoms with Crippen LogP contribution in [0, 0.1) is 0 Å². The second-order valence-electron chi connectivity index (χ2n) is 8.00. The van der Waals surface area contributed by atoms with Crippen molar-refractivity contribution >= 4 is 27.4 Å². The average molecular weight is 378 g/mol. The van der Waals surface area contributed by atoms with Crippen LogP contribution in [0.5, 0.6) is 0 Å². The van der Waals surface area contributed by atoms with E-state index in [2.05, 4.69) is 35.6 Å². The number of hydrogen-bond acceptors (Lipinski definition) is 4. The number of fused-ring (bicyclic) bond motifs is 3. The molecule has 1 fully saturated rings. The summed E-state index contributed by atoms with van der Waals surface area (Å²) in [5, 5.41) is 4.99. The summed E-state index contributed by atoms with van der Waals surface area (Å²) in [6.45, 7) is 0.821. The van der Waals surface area contributed by atoms with Crippen LogP contribution < -0.4 is 5.32 Å². The van der Waals surface area contributed by atoms with Gasteiger partial charge in [-0.3, -0.25) is 0 Å². The van der Waals surface area contributed by atoms with Crippen LogP contribution in [0.1, 0.15) is 72.7 Å². The van der Waals surface area contributed by atoms with Crippen LogP contribution in [-0.4, -0.2) is 9.97 Å². The Morgan fingerprint density at radius 2 is 1.74 bits per heavy atom. The highest BCUT2D eigenvalue weighted by Crippen LogP contribution is 2.40. The summed E-state index contributed by atoms with van der Waals surface area (Å²) in [6.07, 6.45) is 11.5. The van der Waals surface area contributed by atoms with Crippen molar-refractivity contribution in [3.05, 3.63) is 52.2 Å². The summed E-state index contributed by atoms with van der Waals surface area (Å²) in [5.74, 6) is 2.69. The molecule has 0 radical (unpaired) electrons. The molecule has 3 nitrogen and oxygen atoms in total. The second kappa shape index (κ2) is 7.59. The Hall–Kier alpha value is -1.94. The van der Waals surface area contributed by atoms with E-state index in [4.69, 9.17) is 9.97 Å². The maximum Gasteiger partial charge on any atom is 0.139 e. The third kappa shape index (κ3) is 3.47. The molecule has 5 rings (SSSR count). The molecule has 1 aromatic carbocycles. The van der Waals surface area contributed by atoms with E-state index in [0.717, 1.165) is 18.2 Å². The minimum absolute atomic E-state index is 0.541. The van der Waals surface area contributed by atoms with E-state index < -0.39 is 0 Å². The molecule has 0 unspecified atom stereocenters. The lowest BCUT2D eigenvalue weighted by Crippen LogP contribution is -2.11. The van der Waals surface area contributed by atoms with E-state index in [9.17, 15) is 0 Å². The molecule has 0 aliphatic heterocycles. The fourth-order valence-electron chi connectivity index (χ4n) is 4.63. The van der Waals surface area contributed by atoms with Crippen LogP contribution in [0.25, 0.3) is 10.2 Å². The van der Waals surface area contributed by atoms with Crippen molar-refractivity contribution in [3.63, 3.8) is 0 Å². The lowest BCUT2D eigenvalue weighted by molar-refractivity contribution is 0.430. The molecule has 4 heteroatoms. The predicted molar refractivity (Wildman–Crippen MR) is 114 cm³/mol. The summed E-state index contributed by atoms with van der Waals surface area (Å²) < 4.78 is 0. The van der Waals surface area contributed by atoms with Gasteiger partial charge in [-0.25, -0.2) is 9.97 Å². The molecule has 2 aliphatic carbocycles. The molecular weight excluding hydrogens is 350 g/mol. The molecule has 3 aromatic rings. The van der Waals surface area contributed by atoms with E-state index >= 15 is 0 Å². The van der Waals surface area contributed by atoms with Crippen molar-refractivity contribution < 1.29 is 0 Å². The summed E-state index contributed by atoms with van der Waals surface area (Å²) in [6, 6.07) is 10.6. The fraction of sp³-hybridized carbons (Fsp3) is 0.478. The minimum atomic E-state index is 0.541. The van der Waals surface area contributed by atoms with Gasteiger partial charge in [-0.05, 0) is 49.7 Å². The van der Waals surface area contributed by atoms with Gasteiger partial charge in [-0.2, -0.15) is 0 Å². The van der Waals surface area contributed by atoms with Crippen molar-refractivity contribution in [2.45, 2.75) is 70.3 Å². The summed E-state index contributed by atoms with van der Waals surface area (Å²) in [7, 11) is 0. The van der Waals surface area contributed by atoms with Crippen LogP contribution >= 0.6 is 11.3 Å². The van der Waals surface area contributed by atoms with Crippen LogP contribution in [0.2, 0.25) is 0 Å². The maximum absolute atomic E-state index is 5.10. The van der Waals surface area contributed by atoms with E-state index in [-0.39, 0.29) is 0 Å². The van der Waals surface area contributed by atoms with E-state index in [1.54, 1.807) is 4.88 Å². The quantitative estimate of drug-likeness (QED) is 0.585. The highest BCUT2D eigenvalue weighted by Gasteiger charge is 2.24. The van der Waals surface area contributed by atoms with Crippen LogP contribution in [0.15, 0.2) is 30.3 Å². The first-order valence-corrected chi connectivity index (χ1v) is 11.3. The number of nitrogens with zero attached hydrogens (tertiary/aromatic N) is 2. The highest BCUT2D eigenvalue weighted by molar-refractivity contribution is 7.19. The van der Waals surface area contributed by atoms with E-state index in [0.29, 0.717) is 5.92 Å². The smallest absolute Gasteiger partial charge is 0.139 e. The van der Waals surface area contributed by atoms with Crippen molar-refractivity contribution in [1.82, 2.24) is 9.97 Å². The Bertz CT molecular complexity index is 926. The van der Waals surface area contributed by atoms with Gasteiger partial charge in [0.25, 0.3) is 0 Å². The standard InChI is InChI=1S/C23H27N3S/c1-3-9-16(10-4-1)15-24-22-20-18-13-7-8-14-19(18)27-23(20)26-21(25-22)17-11-5-2-6-12-17/h1,3-4,9-10,17H,2,5-8,11-15H2,(H,24,25,26). The van der Waals surface area contributed by atoms with Crippen LogP contribution in [0.3, 0.4) is 0 Å². The van der Waals surface area contributed by atoms with Crippen molar-refractivity contribution in [2.24, 2.45) is 0 Å². The van der Waals surface area contributed by atoms with E-state index in [1.165, 1.54) is 79.1 Å². The van der Waals surface area contributed by atoms with Crippen molar-refractivity contribution in [2.75, 3.05) is 5.32 Å². The van der Waals surface area contributed by atoms with Crippen molar-refractivity contribution in [3.8, 4) is 0 Å². The molecule has 27 heavy (non-hydrogen) atoms. The Morgan fingerprint density at radius 1 is 0.926 bits per heavy atom. The number of hydrogen-bond donors (Lipinski definition) is 1. The zero-order chi connectivity index (χ0) is 18.1. The van der Waals surface area contributed by atoms with Crippen molar-refractivity contribution in [1.29, 1.82) is 0 Å². The lowest BCUT2D eigenvalue weighted by atomic mass is 9.88. The summed E-state index contributed by atoms with van der Waals surface area (Å²) in [4.78, 5) is 13.0. The van der Waals surface area contributed by atoms with E-state index in [1.807, 2.05) is 11.3 Å². The first-order valence-electron chi connectivity index (χ1n) is 10.5. The van der Waals surface area contributed by atoms with Gasteiger partial charge in [0.2, 0.25) is 0 Å². The number of benzene rings is 1. The van der Waals surface area contributed by atoms with Crippen LogP contribution in [-0.2, 0) is 19.4 Å². The molecule has 1 N–H and O–H groups in total. The van der Waals surface area contributed by atoms with Crippen LogP contribution in [0.4, 0.5) is 5.82 Å². The zero-order valence-electron chi connectivity index (χ0n) is 15.8. The molecule has 0 saturated heterocycles. The first-order chi connectivity index (χ1) is 13.4. The lowest BCUT2D eigenvalue weighted by Gasteiger charge is -2.21. The molecule has 2 aromatic heterocycles. The highest BCUT2D eigenvalue weighted by atomic mass is 32.1. The maximum atomic E-state index is 5.10. The molecule has 140 valence electrons. The predicted octanol–water partition coefficient (Wildman–Crippen LogP) is 6.23. The van der Waals surface area contributed by atoms with Gasteiger partial charge in [0.05, 0.1) is 5.39 Å². The number of anilines is 1. The zero-order valence-corrected chi connectivity index (χ0v) is 16.7. The summed E-state index contributed by atoms with van der Waals surface area (Å²) in [5.41, 5.74) is 2.82. The third-order valence-corrected chi connectivity index (χ3v) is 7.29. The molecule has 2 aliphatic rings. The Morgan fingerprint density at radius 3 is 2.59 bits per heavy atom. The topological polar surface area (TPSA) is 37.8 Å². The normalized spacial score (nSPS) is 17.8. The molecule has 0 spiro atoms. The molecule has 0 amide bonds. The van der Waals surface area contributed by atoms with Gasteiger partial charge < -0.3 is 5.32 Å². The number of rotatable bonds is 4. The SMILES string of the molecule is c1ccc(CNc2nc(C3CCCCC3)nc3sc4c(c23)CCCC4)cc1. The first kappa shape index (κ1) is 17.2. The molecule has 0 bridgehead atoms. The summed E-state index contributed by atoms with van der Waals surface area (Å²) >= 11 is 1.92. The number of thiophene rings is 1. The number of aromatic nitrogens is 2.